The van der Waals surface area contributed by atoms with E-state index in [-0.39, 0.29) is 0 Å². The van der Waals surface area contributed by atoms with Crippen molar-refractivity contribution in [2.45, 2.75) is 57.5 Å². The van der Waals surface area contributed by atoms with Crippen molar-refractivity contribution >= 4 is 5.82 Å². The Morgan fingerprint density at radius 1 is 1.21 bits per heavy atom. The van der Waals surface area contributed by atoms with Crippen LogP contribution in [0, 0.1) is 0 Å². The Hall–Kier alpha value is -1.09. The van der Waals surface area contributed by atoms with Gasteiger partial charge in [-0.15, -0.1) is 0 Å². The van der Waals surface area contributed by atoms with Crippen LogP contribution in [0.2, 0.25) is 0 Å². The summed E-state index contributed by atoms with van der Waals surface area (Å²) < 4.78 is 0. The lowest BCUT2D eigenvalue weighted by molar-refractivity contribution is 0.157. The molecule has 1 atom stereocenters. The third-order valence-corrected chi connectivity index (χ3v) is 4.65. The third kappa shape index (κ3) is 2.92. The minimum Gasteiger partial charge on any atom is -0.367 e. The van der Waals surface area contributed by atoms with E-state index in [0.29, 0.717) is 12.1 Å². The van der Waals surface area contributed by atoms with Crippen LogP contribution in [-0.2, 0) is 0 Å². The molecule has 104 valence electrons. The maximum Gasteiger partial charge on any atom is 0.126 e. The van der Waals surface area contributed by atoms with E-state index in [9.17, 15) is 0 Å². The summed E-state index contributed by atoms with van der Waals surface area (Å²) in [5, 5.41) is 3.51. The molecule has 2 aliphatic rings. The number of rotatable bonds is 4. The molecule has 1 saturated carbocycles. The lowest BCUT2D eigenvalue weighted by Crippen LogP contribution is -2.33. The fourth-order valence-electron chi connectivity index (χ4n) is 3.20. The fraction of sp³-hybridized carbons (Fsp3) is 0.688. The molecule has 0 bridgehead atoms. The fourth-order valence-corrected chi connectivity index (χ4v) is 3.20. The predicted molar refractivity (Wildman–Crippen MR) is 79.3 cm³/mol. The molecule has 0 radical (unpaired) electrons. The highest BCUT2D eigenvalue weighted by molar-refractivity contribution is 5.37. The summed E-state index contributed by atoms with van der Waals surface area (Å²) in [5.74, 6) is 1.05. The molecule has 0 unspecified atom stereocenters. The highest BCUT2D eigenvalue weighted by Crippen LogP contribution is 2.30. The quantitative estimate of drug-likeness (QED) is 0.895. The van der Waals surface area contributed by atoms with Gasteiger partial charge in [-0.25, -0.2) is 4.98 Å². The van der Waals surface area contributed by atoms with Crippen LogP contribution in [0.3, 0.4) is 0 Å². The normalized spacial score (nSPS) is 25.0. The number of piperidine rings is 1. The van der Waals surface area contributed by atoms with Crippen molar-refractivity contribution in [3.63, 3.8) is 0 Å². The van der Waals surface area contributed by atoms with Gasteiger partial charge in [0.05, 0.1) is 0 Å². The Bertz CT molecular complexity index is 397. The van der Waals surface area contributed by atoms with E-state index < -0.39 is 0 Å². The molecule has 0 amide bonds. The van der Waals surface area contributed by atoms with Crippen LogP contribution in [0.25, 0.3) is 0 Å². The number of anilines is 1. The van der Waals surface area contributed by atoms with E-state index >= 15 is 0 Å². The summed E-state index contributed by atoms with van der Waals surface area (Å²) in [7, 11) is 0. The second-order valence-electron chi connectivity index (χ2n) is 5.89. The van der Waals surface area contributed by atoms with Crippen LogP contribution in [-0.4, -0.2) is 29.0 Å². The molecule has 1 N–H and O–H groups in total. The highest BCUT2D eigenvalue weighted by Gasteiger charge is 2.23. The van der Waals surface area contributed by atoms with E-state index in [1.54, 1.807) is 0 Å². The Morgan fingerprint density at radius 3 is 2.74 bits per heavy atom. The number of hydrogen-bond acceptors (Lipinski definition) is 3. The molecule has 0 spiro atoms. The standard InChI is InChI=1S/C16H25N3/c1-2-19-11-4-3-8-15(19)13-9-10-16(17-12-13)18-14-6-5-7-14/h9-10,12,14-15H,2-8,11H2,1H3,(H,17,18)/t15-/m1/s1. The third-order valence-electron chi connectivity index (χ3n) is 4.65. The van der Waals surface area contributed by atoms with Gasteiger partial charge < -0.3 is 5.32 Å². The van der Waals surface area contributed by atoms with Crippen LogP contribution >= 0.6 is 0 Å². The first-order chi connectivity index (χ1) is 9.36. The molecule has 3 rings (SSSR count). The molecule has 1 aromatic rings. The molecule has 3 heteroatoms. The second-order valence-corrected chi connectivity index (χ2v) is 5.89. The zero-order valence-corrected chi connectivity index (χ0v) is 11.9. The molecule has 3 nitrogen and oxygen atoms in total. The minimum absolute atomic E-state index is 0.587. The lowest BCUT2D eigenvalue weighted by atomic mass is 9.93. The lowest BCUT2D eigenvalue weighted by Gasteiger charge is -2.35. The molecule has 1 aliphatic heterocycles. The van der Waals surface area contributed by atoms with Crippen molar-refractivity contribution in [3.05, 3.63) is 23.9 Å². The van der Waals surface area contributed by atoms with E-state index in [0.717, 1.165) is 12.4 Å². The first kappa shape index (κ1) is 12.9. The summed E-state index contributed by atoms with van der Waals surface area (Å²) in [6, 6.07) is 5.69. The molecule has 1 aromatic heterocycles. The van der Waals surface area contributed by atoms with Crippen molar-refractivity contribution in [2.75, 3.05) is 18.4 Å². The van der Waals surface area contributed by atoms with Crippen LogP contribution in [0.15, 0.2) is 18.3 Å². The molecular formula is C16H25N3. The summed E-state index contributed by atoms with van der Waals surface area (Å²) in [5.41, 5.74) is 1.39. The van der Waals surface area contributed by atoms with E-state index in [1.807, 2.05) is 0 Å². The summed E-state index contributed by atoms with van der Waals surface area (Å²) in [4.78, 5) is 7.19. The maximum absolute atomic E-state index is 4.61. The average Bonchev–Trinajstić information content (AvgIpc) is 2.43. The molecular weight excluding hydrogens is 234 g/mol. The largest absolute Gasteiger partial charge is 0.367 e. The van der Waals surface area contributed by atoms with Crippen LogP contribution < -0.4 is 5.32 Å². The number of nitrogens with zero attached hydrogens (tertiary/aromatic N) is 2. The first-order valence-electron chi connectivity index (χ1n) is 7.83. The van der Waals surface area contributed by atoms with Gasteiger partial charge in [-0.05, 0) is 56.8 Å². The topological polar surface area (TPSA) is 28.2 Å². The van der Waals surface area contributed by atoms with Gasteiger partial charge in [0, 0.05) is 18.3 Å². The molecule has 0 aromatic carbocycles. The highest BCUT2D eigenvalue weighted by atomic mass is 15.2. The van der Waals surface area contributed by atoms with Crippen LogP contribution in [0.1, 0.15) is 57.1 Å². The first-order valence-corrected chi connectivity index (χ1v) is 7.83. The zero-order chi connectivity index (χ0) is 13.1. The Kier molecular flexibility index (Phi) is 4.02. The Morgan fingerprint density at radius 2 is 2.11 bits per heavy atom. The van der Waals surface area contributed by atoms with E-state index in [2.05, 4.69) is 40.5 Å². The average molecular weight is 259 g/mol. The molecule has 1 saturated heterocycles. The van der Waals surface area contributed by atoms with Crippen LogP contribution in [0.4, 0.5) is 5.82 Å². The van der Waals surface area contributed by atoms with Gasteiger partial charge in [0.15, 0.2) is 0 Å². The number of hydrogen-bond donors (Lipinski definition) is 1. The predicted octanol–water partition coefficient (Wildman–Crippen LogP) is 3.59. The number of aromatic nitrogens is 1. The Labute approximate surface area is 116 Å². The zero-order valence-electron chi connectivity index (χ0n) is 11.9. The van der Waals surface area contributed by atoms with Gasteiger partial charge in [0.2, 0.25) is 0 Å². The van der Waals surface area contributed by atoms with Gasteiger partial charge in [-0.3, -0.25) is 4.90 Å². The smallest absolute Gasteiger partial charge is 0.126 e. The van der Waals surface area contributed by atoms with Gasteiger partial charge in [0.1, 0.15) is 5.82 Å². The summed E-state index contributed by atoms with van der Waals surface area (Å²) in [6.07, 6.45) is 10.0. The van der Waals surface area contributed by atoms with Gasteiger partial charge in [0.25, 0.3) is 0 Å². The van der Waals surface area contributed by atoms with Gasteiger partial charge in [-0.1, -0.05) is 19.4 Å². The van der Waals surface area contributed by atoms with Crippen molar-refractivity contribution in [1.82, 2.24) is 9.88 Å². The molecule has 2 fully saturated rings. The van der Waals surface area contributed by atoms with Gasteiger partial charge >= 0.3 is 0 Å². The molecule has 1 aliphatic carbocycles. The van der Waals surface area contributed by atoms with E-state index in [1.165, 1.54) is 50.6 Å². The van der Waals surface area contributed by atoms with Crippen molar-refractivity contribution in [1.29, 1.82) is 0 Å². The maximum atomic E-state index is 4.61. The molecule has 19 heavy (non-hydrogen) atoms. The second kappa shape index (κ2) is 5.91. The van der Waals surface area contributed by atoms with Gasteiger partial charge in [-0.2, -0.15) is 0 Å². The number of pyridine rings is 1. The number of nitrogens with one attached hydrogen (secondary N) is 1. The SMILES string of the molecule is CCN1CCCC[C@@H]1c1ccc(NC2CCC2)nc1. The molecule has 2 heterocycles. The minimum atomic E-state index is 0.587. The van der Waals surface area contributed by atoms with Crippen LogP contribution in [0.5, 0.6) is 0 Å². The monoisotopic (exact) mass is 259 g/mol. The van der Waals surface area contributed by atoms with E-state index in [4.69, 9.17) is 0 Å². The van der Waals surface area contributed by atoms with Crippen molar-refractivity contribution in [2.24, 2.45) is 0 Å². The summed E-state index contributed by atoms with van der Waals surface area (Å²) >= 11 is 0. The van der Waals surface area contributed by atoms with Crippen molar-refractivity contribution in [3.8, 4) is 0 Å². The Balaban J connectivity index is 1.66. The number of likely N-dealkylation sites (tertiary alicyclic amines) is 1. The van der Waals surface area contributed by atoms with Crippen molar-refractivity contribution < 1.29 is 0 Å². The summed E-state index contributed by atoms with van der Waals surface area (Å²) in [6.45, 7) is 4.65.